The van der Waals surface area contributed by atoms with Crippen molar-refractivity contribution in [2.75, 3.05) is 0 Å². The van der Waals surface area contributed by atoms with Gasteiger partial charge in [0, 0.05) is 5.54 Å². The van der Waals surface area contributed by atoms with Crippen LogP contribution in [0.25, 0.3) is 0 Å². The summed E-state index contributed by atoms with van der Waals surface area (Å²) in [6, 6.07) is 0. The molecule has 0 atom stereocenters. The largest absolute Gasteiger partial charge is 0.444 e. The zero-order chi connectivity index (χ0) is 14.3. The topological polar surface area (TPSA) is 84.6 Å². The highest BCUT2D eigenvalue weighted by Crippen LogP contribution is 2.47. The van der Waals surface area contributed by atoms with Crippen molar-refractivity contribution in [1.29, 1.82) is 0 Å². The van der Waals surface area contributed by atoms with Crippen LogP contribution >= 0.6 is 0 Å². The van der Waals surface area contributed by atoms with Crippen molar-refractivity contribution in [2.24, 2.45) is 5.73 Å². The van der Waals surface area contributed by atoms with Crippen LogP contribution in [0.15, 0.2) is 0 Å². The quantitative estimate of drug-likeness (QED) is 0.712. The molecule has 19 heavy (non-hydrogen) atoms. The maximum atomic E-state index is 12.0. The van der Waals surface area contributed by atoms with Gasteiger partial charge < -0.3 is 20.9 Å². The first-order valence-electron chi connectivity index (χ1n) is 7.14. The van der Waals surface area contributed by atoms with Crippen LogP contribution in [-0.2, 0) is 4.74 Å². The smallest absolute Gasteiger partial charge is 0.408 e. The summed E-state index contributed by atoms with van der Waals surface area (Å²) >= 11 is 0. The number of amides is 1. The molecule has 0 bridgehead atoms. The Hall–Kier alpha value is -0.810. The van der Waals surface area contributed by atoms with Gasteiger partial charge >= 0.3 is 6.09 Å². The first-order chi connectivity index (χ1) is 8.66. The van der Waals surface area contributed by atoms with Crippen LogP contribution in [0.5, 0.6) is 0 Å². The summed E-state index contributed by atoms with van der Waals surface area (Å²) in [5.74, 6) is 0. The number of nitrogens with one attached hydrogen (secondary N) is 1. The highest BCUT2D eigenvalue weighted by molar-refractivity contribution is 5.69. The molecule has 2 saturated carbocycles. The minimum Gasteiger partial charge on any atom is -0.444 e. The van der Waals surface area contributed by atoms with Crippen LogP contribution in [0.1, 0.15) is 59.3 Å². The summed E-state index contributed by atoms with van der Waals surface area (Å²) in [6.45, 7) is 5.54. The molecular weight excluding hydrogens is 244 g/mol. The standard InChI is InChI=1S/C14H26N2O3/c1-12(2,3)19-11(18)16-14(6-4-5-7-14)13(15)8-10(17)9-13/h10,17H,4-9,15H2,1-3H3,(H,16,18). The zero-order valence-electron chi connectivity index (χ0n) is 12.2. The van der Waals surface area contributed by atoms with E-state index in [4.69, 9.17) is 10.5 Å². The zero-order valence-corrected chi connectivity index (χ0v) is 12.2. The number of rotatable bonds is 2. The Balaban J connectivity index is 2.06. The number of aliphatic hydroxyl groups excluding tert-OH is 1. The third-order valence-electron chi connectivity index (χ3n) is 4.35. The highest BCUT2D eigenvalue weighted by Gasteiger charge is 2.57. The fourth-order valence-corrected chi connectivity index (χ4v) is 3.40. The number of carbonyl (C=O) groups is 1. The second kappa shape index (κ2) is 4.63. The van der Waals surface area contributed by atoms with Crippen molar-refractivity contribution in [3.8, 4) is 0 Å². The Morgan fingerprint density at radius 1 is 1.32 bits per heavy atom. The van der Waals surface area contributed by atoms with E-state index in [1.165, 1.54) is 0 Å². The lowest BCUT2D eigenvalue weighted by atomic mass is 9.62. The van der Waals surface area contributed by atoms with E-state index in [1.807, 2.05) is 20.8 Å². The molecule has 5 heteroatoms. The van der Waals surface area contributed by atoms with E-state index >= 15 is 0 Å². The van der Waals surface area contributed by atoms with Crippen LogP contribution in [0.2, 0.25) is 0 Å². The van der Waals surface area contributed by atoms with E-state index in [2.05, 4.69) is 5.32 Å². The van der Waals surface area contributed by atoms with Crippen molar-refractivity contribution in [1.82, 2.24) is 5.32 Å². The molecule has 2 aliphatic carbocycles. The fraction of sp³-hybridized carbons (Fsp3) is 0.929. The maximum absolute atomic E-state index is 12.0. The van der Waals surface area contributed by atoms with Gasteiger partial charge in [0.25, 0.3) is 0 Å². The molecule has 2 rings (SSSR count). The molecule has 110 valence electrons. The number of ether oxygens (including phenoxy) is 1. The van der Waals surface area contributed by atoms with Crippen molar-refractivity contribution >= 4 is 6.09 Å². The van der Waals surface area contributed by atoms with Gasteiger partial charge in [-0.1, -0.05) is 12.8 Å². The van der Waals surface area contributed by atoms with E-state index < -0.39 is 22.8 Å². The molecule has 4 N–H and O–H groups in total. The summed E-state index contributed by atoms with van der Waals surface area (Å²) in [4.78, 5) is 12.0. The number of hydrogen-bond acceptors (Lipinski definition) is 4. The number of alkyl carbamates (subject to hydrolysis) is 1. The van der Waals surface area contributed by atoms with Crippen LogP contribution in [-0.4, -0.2) is 34.0 Å². The maximum Gasteiger partial charge on any atom is 0.408 e. The molecule has 0 unspecified atom stereocenters. The SMILES string of the molecule is CC(C)(C)OC(=O)NC1(C2(N)CC(O)C2)CCCC1. The molecule has 0 saturated heterocycles. The first kappa shape index (κ1) is 14.6. The summed E-state index contributed by atoms with van der Waals surface area (Å²) in [5, 5.41) is 12.6. The third-order valence-corrected chi connectivity index (χ3v) is 4.35. The second-order valence-corrected chi connectivity index (χ2v) is 7.13. The number of aliphatic hydroxyl groups is 1. The van der Waals surface area contributed by atoms with Gasteiger partial charge in [-0.15, -0.1) is 0 Å². The minimum atomic E-state index is -0.509. The second-order valence-electron chi connectivity index (χ2n) is 7.13. The van der Waals surface area contributed by atoms with Gasteiger partial charge in [-0.2, -0.15) is 0 Å². The molecule has 0 heterocycles. The third kappa shape index (κ3) is 2.87. The number of nitrogens with two attached hydrogens (primary N) is 1. The van der Waals surface area contributed by atoms with Crippen molar-refractivity contribution in [3.63, 3.8) is 0 Å². The van der Waals surface area contributed by atoms with Crippen LogP contribution < -0.4 is 11.1 Å². The Morgan fingerprint density at radius 2 is 1.84 bits per heavy atom. The predicted octanol–water partition coefficient (Wildman–Crippen LogP) is 1.68. The van der Waals surface area contributed by atoms with Gasteiger partial charge in [0.15, 0.2) is 0 Å². The van der Waals surface area contributed by atoms with Crippen molar-refractivity contribution < 1.29 is 14.6 Å². The van der Waals surface area contributed by atoms with Crippen molar-refractivity contribution in [2.45, 2.75) is 82.1 Å². The van der Waals surface area contributed by atoms with E-state index in [1.54, 1.807) is 0 Å². The Morgan fingerprint density at radius 3 is 2.26 bits per heavy atom. The van der Waals surface area contributed by atoms with E-state index in [9.17, 15) is 9.90 Å². The molecule has 5 nitrogen and oxygen atoms in total. The monoisotopic (exact) mass is 270 g/mol. The van der Waals surface area contributed by atoms with Crippen LogP contribution in [0.4, 0.5) is 4.79 Å². The minimum absolute atomic E-state index is 0.331. The van der Waals surface area contributed by atoms with Gasteiger partial charge in [-0.25, -0.2) is 4.79 Å². The lowest BCUT2D eigenvalue weighted by Gasteiger charge is -2.54. The van der Waals surface area contributed by atoms with Crippen LogP contribution in [0.3, 0.4) is 0 Å². The number of hydrogen-bond donors (Lipinski definition) is 3. The van der Waals surface area contributed by atoms with Gasteiger partial charge in [-0.3, -0.25) is 0 Å². The summed E-state index contributed by atoms with van der Waals surface area (Å²) in [5.41, 5.74) is 5.01. The summed E-state index contributed by atoms with van der Waals surface area (Å²) < 4.78 is 5.35. The van der Waals surface area contributed by atoms with Gasteiger partial charge in [0.05, 0.1) is 11.6 Å². The van der Waals surface area contributed by atoms with Gasteiger partial charge in [0.1, 0.15) is 5.60 Å². The Kier molecular flexibility index (Phi) is 3.56. The number of carbonyl (C=O) groups excluding carboxylic acids is 1. The average Bonchev–Trinajstić information content (AvgIpc) is 2.62. The lowest BCUT2D eigenvalue weighted by Crippen LogP contribution is -2.74. The molecule has 2 aliphatic rings. The summed E-state index contributed by atoms with van der Waals surface area (Å²) in [7, 11) is 0. The molecular formula is C14H26N2O3. The van der Waals surface area contributed by atoms with Gasteiger partial charge in [-0.05, 0) is 46.5 Å². The summed E-state index contributed by atoms with van der Waals surface area (Å²) in [6.07, 6.45) is 4.25. The highest BCUT2D eigenvalue weighted by atomic mass is 16.6. The van der Waals surface area contributed by atoms with Crippen molar-refractivity contribution in [3.05, 3.63) is 0 Å². The molecule has 0 aromatic rings. The molecule has 0 aromatic heterocycles. The predicted molar refractivity (Wildman–Crippen MR) is 72.7 cm³/mol. The molecule has 2 fully saturated rings. The molecule has 0 radical (unpaired) electrons. The van der Waals surface area contributed by atoms with E-state index in [0.717, 1.165) is 25.7 Å². The van der Waals surface area contributed by atoms with Gasteiger partial charge in [0.2, 0.25) is 0 Å². The van der Waals surface area contributed by atoms with E-state index in [-0.39, 0.29) is 6.10 Å². The molecule has 0 spiro atoms. The van der Waals surface area contributed by atoms with Crippen LogP contribution in [0, 0.1) is 0 Å². The molecule has 0 aliphatic heterocycles. The lowest BCUT2D eigenvalue weighted by molar-refractivity contribution is -0.0345. The average molecular weight is 270 g/mol. The van der Waals surface area contributed by atoms with E-state index in [0.29, 0.717) is 12.8 Å². The molecule has 1 amide bonds. The Bertz CT molecular complexity index is 350. The molecule has 0 aromatic carbocycles. The first-order valence-corrected chi connectivity index (χ1v) is 7.14. The Labute approximate surface area is 114 Å². The normalized spacial score (nSPS) is 33.6. The fourth-order valence-electron chi connectivity index (χ4n) is 3.40.